The highest BCUT2D eigenvalue weighted by Gasteiger charge is 2.00. The molecule has 0 fully saturated rings. The molecule has 3 nitrogen and oxygen atoms in total. The second-order valence-electron chi connectivity index (χ2n) is 2.32. The third-order valence-electron chi connectivity index (χ3n) is 1.35. The summed E-state index contributed by atoms with van der Waals surface area (Å²) in [5, 5.41) is 0. The lowest BCUT2D eigenvalue weighted by atomic mass is 10.3. The van der Waals surface area contributed by atoms with E-state index in [2.05, 4.69) is 0 Å². The van der Waals surface area contributed by atoms with Crippen molar-refractivity contribution in [3.8, 4) is 5.75 Å². The molecule has 4 N–H and O–H groups in total. The molecule has 0 aliphatic carbocycles. The maximum absolute atomic E-state index is 12.6. The third-order valence-corrected chi connectivity index (χ3v) is 1.35. The molecule has 1 aromatic carbocycles. The molecule has 0 heterocycles. The molecule has 66 valence electrons. The van der Waals surface area contributed by atoms with Crippen molar-refractivity contribution in [3.05, 3.63) is 24.0 Å². The molecule has 0 saturated heterocycles. The summed E-state index contributed by atoms with van der Waals surface area (Å²) < 4.78 is 17.7. The lowest BCUT2D eigenvalue weighted by Crippen LogP contribution is -2.11. The first-order valence-electron chi connectivity index (χ1n) is 3.62. The Morgan fingerprint density at radius 1 is 1.42 bits per heavy atom. The highest BCUT2D eigenvalue weighted by atomic mass is 19.1. The van der Waals surface area contributed by atoms with Gasteiger partial charge in [0.05, 0.1) is 5.69 Å². The monoisotopic (exact) mass is 170 g/mol. The molecular weight excluding hydrogens is 159 g/mol. The molecule has 0 aliphatic rings. The molecule has 1 aromatic rings. The Morgan fingerprint density at radius 2 is 2.17 bits per heavy atom. The van der Waals surface area contributed by atoms with Crippen LogP contribution in [0.4, 0.5) is 10.1 Å². The smallest absolute Gasteiger partial charge is 0.145 e. The molecular formula is C8H11FN2O. The fraction of sp³-hybridized carbons (Fsp3) is 0.250. The molecule has 0 spiro atoms. The lowest BCUT2D eigenvalue weighted by Gasteiger charge is -2.06. The van der Waals surface area contributed by atoms with Gasteiger partial charge in [-0.05, 0) is 12.1 Å². The fourth-order valence-electron chi connectivity index (χ4n) is 0.802. The molecule has 0 unspecified atom stereocenters. The van der Waals surface area contributed by atoms with Gasteiger partial charge in [0.1, 0.15) is 18.2 Å². The van der Waals surface area contributed by atoms with E-state index in [-0.39, 0.29) is 5.82 Å². The zero-order chi connectivity index (χ0) is 8.97. The van der Waals surface area contributed by atoms with E-state index in [1.807, 2.05) is 0 Å². The second kappa shape index (κ2) is 3.92. The van der Waals surface area contributed by atoms with Crippen molar-refractivity contribution in [1.82, 2.24) is 0 Å². The summed E-state index contributed by atoms with van der Waals surface area (Å²) in [7, 11) is 0. The maximum Gasteiger partial charge on any atom is 0.145 e. The molecule has 0 amide bonds. The summed E-state index contributed by atoms with van der Waals surface area (Å²) in [6.45, 7) is 0.726. The van der Waals surface area contributed by atoms with E-state index >= 15 is 0 Å². The molecule has 0 radical (unpaired) electrons. The van der Waals surface area contributed by atoms with Crippen LogP contribution in [0.5, 0.6) is 5.75 Å². The number of hydrogen-bond donors (Lipinski definition) is 2. The Balaban J connectivity index is 2.75. The van der Waals surface area contributed by atoms with Crippen molar-refractivity contribution in [2.24, 2.45) is 5.73 Å². The standard InChI is InChI=1S/C8H11FN2O/c9-6-1-2-7(11)8(5-6)12-4-3-10/h1-2,5H,3-4,10-11H2. The number of ether oxygens (including phenoxy) is 1. The van der Waals surface area contributed by atoms with Crippen LogP contribution in [0.25, 0.3) is 0 Å². The Bertz CT molecular complexity index is 265. The lowest BCUT2D eigenvalue weighted by molar-refractivity contribution is 0.328. The van der Waals surface area contributed by atoms with Crippen LogP contribution < -0.4 is 16.2 Å². The number of benzene rings is 1. The molecule has 0 bridgehead atoms. The van der Waals surface area contributed by atoms with Gasteiger partial charge in [-0.2, -0.15) is 0 Å². The van der Waals surface area contributed by atoms with Gasteiger partial charge in [0.25, 0.3) is 0 Å². The van der Waals surface area contributed by atoms with E-state index in [1.165, 1.54) is 18.2 Å². The Kier molecular flexibility index (Phi) is 2.88. The average molecular weight is 170 g/mol. The van der Waals surface area contributed by atoms with E-state index in [0.717, 1.165) is 0 Å². The summed E-state index contributed by atoms with van der Waals surface area (Å²) in [6, 6.07) is 3.98. The molecule has 0 aromatic heterocycles. The Labute approximate surface area is 70.1 Å². The normalized spacial score (nSPS) is 9.83. The molecule has 4 heteroatoms. The van der Waals surface area contributed by atoms with Crippen molar-refractivity contribution in [2.45, 2.75) is 0 Å². The minimum Gasteiger partial charge on any atom is -0.490 e. The SMILES string of the molecule is NCCOc1cc(F)ccc1N. The molecule has 0 saturated carbocycles. The predicted octanol–water partition coefficient (Wildman–Crippen LogP) is 0.745. The van der Waals surface area contributed by atoms with E-state index in [0.29, 0.717) is 24.6 Å². The first-order valence-corrected chi connectivity index (χ1v) is 3.62. The van der Waals surface area contributed by atoms with Gasteiger partial charge in [-0.1, -0.05) is 0 Å². The van der Waals surface area contributed by atoms with Crippen LogP contribution in [0.1, 0.15) is 0 Å². The maximum atomic E-state index is 12.6. The van der Waals surface area contributed by atoms with Gasteiger partial charge in [0, 0.05) is 12.6 Å². The second-order valence-corrected chi connectivity index (χ2v) is 2.32. The third kappa shape index (κ3) is 2.10. The zero-order valence-corrected chi connectivity index (χ0v) is 6.59. The van der Waals surface area contributed by atoms with Gasteiger partial charge in [-0.25, -0.2) is 4.39 Å². The zero-order valence-electron chi connectivity index (χ0n) is 6.59. The van der Waals surface area contributed by atoms with Gasteiger partial charge in [-0.15, -0.1) is 0 Å². The van der Waals surface area contributed by atoms with Gasteiger partial charge >= 0.3 is 0 Å². The Morgan fingerprint density at radius 3 is 2.83 bits per heavy atom. The van der Waals surface area contributed by atoms with Gasteiger partial charge in [0.2, 0.25) is 0 Å². The van der Waals surface area contributed by atoms with Crippen LogP contribution in [-0.4, -0.2) is 13.2 Å². The van der Waals surface area contributed by atoms with E-state index < -0.39 is 0 Å². The van der Waals surface area contributed by atoms with Crippen LogP contribution in [0.3, 0.4) is 0 Å². The van der Waals surface area contributed by atoms with Crippen LogP contribution in [0.15, 0.2) is 18.2 Å². The quantitative estimate of drug-likeness (QED) is 0.658. The number of halogens is 1. The number of rotatable bonds is 3. The summed E-state index contributed by atoms with van der Waals surface area (Å²) in [5.74, 6) is -0.0170. The van der Waals surface area contributed by atoms with E-state index in [1.54, 1.807) is 0 Å². The van der Waals surface area contributed by atoms with E-state index in [9.17, 15) is 4.39 Å². The van der Waals surface area contributed by atoms with Crippen molar-refractivity contribution in [3.63, 3.8) is 0 Å². The molecule has 0 atom stereocenters. The van der Waals surface area contributed by atoms with Gasteiger partial charge in [-0.3, -0.25) is 0 Å². The van der Waals surface area contributed by atoms with Crippen LogP contribution in [0.2, 0.25) is 0 Å². The summed E-state index contributed by atoms with van der Waals surface area (Å²) in [6.07, 6.45) is 0. The van der Waals surface area contributed by atoms with Crippen molar-refractivity contribution in [1.29, 1.82) is 0 Å². The van der Waals surface area contributed by atoms with Crippen LogP contribution >= 0.6 is 0 Å². The topological polar surface area (TPSA) is 61.3 Å². The highest BCUT2D eigenvalue weighted by Crippen LogP contribution is 2.21. The van der Waals surface area contributed by atoms with Crippen molar-refractivity contribution in [2.75, 3.05) is 18.9 Å². The molecule has 12 heavy (non-hydrogen) atoms. The van der Waals surface area contributed by atoms with Crippen LogP contribution in [0, 0.1) is 5.82 Å². The molecule has 0 aliphatic heterocycles. The van der Waals surface area contributed by atoms with Crippen molar-refractivity contribution >= 4 is 5.69 Å². The number of anilines is 1. The fourth-order valence-corrected chi connectivity index (χ4v) is 0.802. The van der Waals surface area contributed by atoms with Gasteiger partial charge in [0.15, 0.2) is 0 Å². The summed E-state index contributed by atoms with van der Waals surface area (Å²) in [5.41, 5.74) is 11.1. The minimum atomic E-state index is -0.365. The Hall–Kier alpha value is -1.29. The highest BCUT2D eigenvalue weighted by molar-refractivity contribution is 5.52. The molecule has 1 rings (SSSR count). The van der Waals surface area contributed by atoms with E-state index in [4.69, 9.17) is 16.2 Å². The number of hydrogen-bond acceptors (Lipinski definition) is 3. The van der Waals surface area contributed by atoms with Crippen molar-refractivity contribution < 1.29 is 9.13 Å². The first-order chi connectivity index (χ1) is 5.74. The first kappa shape index (κ1) is 8.80. The average Bonchev–Trinajstić information content (AvgIpc) is 2.07. The van der Waals surface area contributed by atoms with Crippen LogP contribution in [-0.2, 0) is 0 Å². The number of nitrogen functional groups attached to an aromatic ring is 1. The number of nitrogens with two attached hydrogens (primary N) is 2. The minimum absolute atomic E-state index is 0.341. The summed E-state index contributed by atoms with van der Waals surface area (Å²) >= 11 is 0. The largest absolute Gasteiger partial charge is 0.490 e. The van der Waals surface area contributed by atoms with Gasteiger partial charge < -0.3 is 16.2 Å². The summed E-state index contributed by atoms with van der Waals surface area (Å²) in [4.78, 5) is 0. The predicted molar refractivity (Wildman–Crippen MR) is 45.4 cm³/mol.